The van der Waals surface area contributed by atoms with Crippen molar-refractivity contribution in [1.29, 1.82) is 0 Å². The number of carbonyl (C=O) groups is 1. The molecule has 0 heterocycles. The molecule has 0 aliphatic carbocycles. The van der Waals surface area contributed by atoms with Crippen molar-refractivity contribution >= 4 is 33.2 Å². The summed E-state index contributed by atoms with van der Waals surface area (Å²) in [6.07, 6.45) is 0. The lowest BCUT2D eigenvalue weighted by molar-refractivity contribution is 0.0994. The van der Waals surface area contributed by atoms with Crippen LogP contribution in [0.2, 0.25) is 0 Å². The molecule has 0 radical (unpaired) electrons. The molecule has 2 aromatic rings. The van der Waals surface area contributed by atoms with Crippen molar-refractivity contribution < 1.29 is 4.79 Å². The summed E-state index contributed by atoms with van der Waals surface area (Å²) < 4.78 is 0.836. The van der Waals surface area contributed by atoms with E-state index in [2.05, 4.69) is 15.9 Å². The van der Waals surface area contributed by atoms with Crippen molar-refractivity contribution in [3.8, 4) is 0 Å². The standard InChI is InChI=1S/C15H15BrN2O/c1-10-4-3-5-12(8-10)18(2)15(19)13-9-11(16)6-7-14(13)17/h3-9H,17H2,1-2H3. The Balaban J connectivity index is 2.36. The van der Waals surface area contributed by atoms with Crippen LogP contribution in [0.5, 0.6) is 0 Å². The Bertz CT molecular complexity index is 625. The molecule has 0 aliphatic heterocycles. The molecule has 0 saturated carbocycles. The molecule has 0 saturated heterocycles. The zero-order valence-electron chi connectivity index (χ0n) is 10.9. The average Bonchev–Trinajstić information content (AvgIpc) is 2.40. The van der Waals surface area contributed by atoms with Crippen molar-refractivity contribution in [2.45, 2.75) is 6.92 Å². The Kier molecular flexibility index (Phi) is 3.90. The third-order valence-electron chi connectivity index (χ3n) is 2.94. The van der Waals surface area contributed by atoms with Gasteiger partial charge in [-0.05, 0) is 42.8 Å². The quantitative estimate of drug-likeness (QED) is 0.860. The number of amides is 1. The largest absolute Gasteiger partial charge is 0.398 e. The van der Waals surface area contributed by atoms with Gasteiger partial charge in [-0.2, -0.15) is 0 Å². The van der Waals surface area contributed by atoms with Crippen molar-refractivity contribution in [3.05, 3.63) is 58.1 Å². The number of carbonyl (C=O) groups excluding carboxylic acids is 1. The number of aryl methyl sites for hydroxylation is 1. The molecule has 2 N–H and O–H groups in total. The first-order valence-electron chi connectivity index (χ1n) is 5.89. The maximum Gasteiger partial charge on any atom is 0.260 e. The Labute approximate surface area is 121 Å². The SMILES string of the molecule is Cc1cccc(N(C)C(=O)c2cc(Br)ccc2N)c1. The molecule has 0 bridgehead atoms. The number of halogens is 1. The lowest BCUT2D eigenvalue weighted by Gasteiger charge is -2.19. The summed E-state index contributed by atoms with van der Waals surface area (Å²) in [5.74, 6) is -0.121. The van der Waals surface area contributed by atoms with Crippen LogP contribution in [0.4, 0.5) is 11.4 Å². The van der Waals surface area contributed by atoms with Gasteiger partial charge in [0.15, 0.2) is 0 Å². The molecule has 0 fully saturated rings. The maximum absolute atomic E-state index is 12.5. The van der Waals surface area contributed by atoms with Gasteiger partial charge in [-0.3, -0.25) is 4.79 Å². The zero-order chi connectivity index (χ0) is 14.0. The number of hydrogen-bond acceptors (Lipinski definition) is 2. The highest BCUT2D eigenvalue weighted by atomic mass is 79.9. The smallest absolute Gasteiger partial charge is 0.260 e. The normalized spacial score (nSPS) is 10.3. The van der Waals surface area contributed by atoms with E-state index >= 15 is 0 Å². The van der Waals surface area contributed by atoms with E-state index in [1.54, 1.807) is 24.1 Å². The van der Waals surface area contributed by atoms with Gasteiger partial charge < -0.3 is 10.6 Å². The predicted octanol–water partition coefficient (Wildman–Crippen LogP) is 3.62. The third kappa shape index (κ3) is 2.96. The van der Waals surface area contributed by atoms with Gasteiger partial charge >= 0.3 is 0 Å². The van der Waals surface area contributed by atoms with Gasteiger partial charge in [-0.15, -0.1) is 0 Å². The van der Waals surface area contributed by atoms with Crippen LogP contribution in [0.25, 0.3) is 0 Å². The number of nitrogens with zero attached hydrogens (tertiary/aromatic N) is 1. The molecular weight excluding hydrogens is 304 g/mol. The fraction of sp³-hybridized carbons (Fsp3) is 0.133. The minimum Gasteiger partial charge on any atom is -0.398 e. The lowest BCUT2D eigenvalue weighted by Crippen LogP contribution is -2.27. The molecule has 0 spiro atoms. The number of anilines is 2. The Morgan fingerprint density at radius 1 is 1.21 bits per heavy atom. The average molecular weight is 319 g/mol. The van der Waals surface area contributed by atoms with Crippen LogP contribution in [-0.4, -0.2) is 13.0 Å². The summed E-state index contributed by atoms with van der Waals surface area (Å²) in [6.45, 7) is 2.00. The molecule has 1 amide bonds. The van der Waals surface area contributed by atoms with Crippen molar-refractivity contribution in [2.24, 2.45) is 0 Å². The molecule has 2 rings (SSSR count). The minimum atomic E-state index is -0.121. The molecule has 4 heteroatoms. The van der Waals surface area contributed by atoms with E-state index in [0.29, 0.717) is 11.3 Å². The summed E-state index contributed by atoms with van der Waals surface area (Å²) in [5, 5.41) is 0. The van der Waals surface area contributed by atoms with Crippen molar-refractivity contribution in [1.82, 2.24) is 0 Å². The second-order valence-corrected chi connectivity index (χ2v) is 5.35. The van der Waals surface area contributed by atoms with Gasteiger partial charge in [0, 0.05) is 22.9 Å². The fourth-order valence-electron chi connectivity index (χ4n) is 1.85. The van der Waals surface area contributed by atoms with E-state index in [4.69, 9.17) is 5.73 Å². The Morgan fingerprint density at radius 2 is 1.95 bits per heavy atom. The van der Waals surface area contributed by atoms with Crippen molar-refractivity contribution in [3.63, 3.8) is 0 Å². The van der Waals surface area contributed by atoms with Crippen molar-refractivity contribution in [2.75, 3.05) is 17.7 Å². The number of benzene rings is 2. The van der Waals surface area contributed by atoms with E-state index in [1.165, 1.54) is 0 Å². The molecule has 0 unspecified atom stereocenters. The summed E-state index contributed by atoms with van der Waals surface area (Å²) in [5.41, 5.74) is 8.81. The first kappa shape index (κ1) is 13.6. The van der Waals surface area contributed by atoms with E-state index in [0.717, 1.165) is 15.7 Å². The summed E-state index contributed by atoms with van der Waals surface area (Å²) in [6, 6.07) is 13.1. The lowest BCUT2D eigenvalue weighted by atomic mass is 10.1. The first-order valence-corrected chi connectivity index (χ1v) is 6.68. The van der Waals surface area contributed by atoms with Gasteiger partial charge in [0.25, 0.3) is 5.91 Å². The van der Waals surface area contributed by atoms with Gasteiger partial charge in [-0.1, -0.05) is 28.1 Å². The molecule has 0 aliphatic rings. The molecule has 0 atom stereocenters. The van der Waals surface area contributed by atoms with Crippen LogP contribution >= 0.6 is 15.9 Å². The van der Waals surface area contributed by atoms with Gasteiger partial charge in [0.1, 0.15) is 0 Å². The van der Waals surface area contributed by atoms with Crippen LogP contribution in [0.3, 0.4) is 0 Å². The van der Waals surface area contributed by atoms with Crippen LogP contribution in [-0.2, 0) is 0 Å². The second kappa shape index (κ2) is 5.45. The van der Waals surface area contributed by atoms with Crippen LogP contribution in [0, 0.1) is 6.92 Å². The number of rotatable bonds is 2. The number of nitrogens with two attached hydrogens (primary N) is 1. The van der Waals surface area contributed by atoms with E-state index < -0.39 is 0 Å². The highest BCUT2D eigenvalue weighted by Gasteiger charge is 2.16. The predicted molar refractivity (Wildman–Crippen MR) is 82.5 cm³/mol. The number of hydrogen-bond donors (Lipinski definition) is 1. The number of nitrogen functional groups attached to an aromatic ring is 1. The highest BCUT2D eigenvalue weighted by molar-refractivity contribution is 9.10. The Hall–Kier alpha value is -1.81. The van der Waals surface area contributed by atoms with Gasteiger partial charge in [-0.25, -0.2) is 0 Å². The van der Waals surface area contributed by atoms with Gasteiger partial charge in [0.05, 0.1) is 5.56 Å². The highest BCUT2D eigenvalue weighted by Crippen LogP contribution is 2.22. The third-order valence-corrected chi connectivity index (χ3v) is 3.43. The van der Waals surface area contributed by atoms with Crippen LogP contribution < -0.4 is 10.6 Å². The summed E-state index contributed by atoms with van der Waals surface area (Å²) >= 11 is 3.36. The zero-order valence-corrected chi connectivity index (χ0v) is 12.4. The maximum atomic E-state index is 12.5. The van der Waals surface area contributed by atoms with Crippen LogP contribution in [0.15, 0.2) is 46.9 Å². The molecule has 2 aromatic carbocycles. The van der Waals surface area contributed by atoms with Crippen LogP contribution in [0.1, 0.15) is 15.9 Å². The molecule has 3 nitrogen and oxygen atoms in total. The second-order valence-electron chi connectivity index (χ2n) is 4.43. The minimum absolute atomic E-state index is 0.121. The molecular formula is C15H15BrN2O. The van der Waals surface area contributed by atoms with Gasteiger partial charge in [0.2, 0.25) is 0 Å². The molecule has 19 heavy (non-hydrogen) atoms. The fourth-order valence-corrected chi connectivity index (χ4v) is 2.21. The first-order chi connectivity index (χ1) is 8.99. The topological polar surface area (TPSA) is 46.3 Å². The Morgan fingerprint density at radius 3 is 2.63 bits per heavy atom. The van der Waals surface area contributed by atoms with E-state index in [1.807, 2.05) is 37.3 Å². The molecule has 0 aromatic heterocycles. The van der Waals surface area contributed by atoms with E-state index in [-0.39, 0.29) is 5.91 Å². The summed E-state index contributed by atoms with van der Waals surface area (Å²) in [4.78, 5) is 14.1. The van der Waals surface area contributed by atoms with E-state index in [9.17, 15) is 4.79 Å². The monoisotopic (exact) mass is 318 g/mol. The summed E-state index contributed by atoms with van der Waals surface area (Å²) in [7, 11) is 1.75. The molecule has 98 valence electrons.